The highest BCUT2D eigenvalue weighted by atomic mass is 32.2. The largest absolute Gasteiger partial charge is 0.389 e. The molecule has 0 aromatic carbocycles. The van der Waals surface area contributed by atoms with E-state index in [0.717, 1.165) is 0 Å². The molecule has 10 heteroatoms. The Bertz CT molecular complexity index is 524. The molecule has 0 radical (unpaired) electrons. The second-order valence-electron chi connectivity index (χ2n) is 4.02. The van der Waals surface area contributed by atoms with Gasteiger partial charge >= 0.3 is 6.18 Å². The maximum absolute atomic E-state index is 11.9. The average Bonchev–Trinajstić information content (AvgIpc) is 2.56. The van der Waals surface area contributed by atoms with E-state index in [9.17, 15) is 21.6 Å². The summed E-state index contributed by atoms with van der Waals surface area (Å²) in [4.78, 5) is -0.175. The van der Waals surface area contributed by atoms with Crippen molar-refractivity contribution in [3.05, 3.63) is 6.20 Å². The van der Waals surface area contributed by atoms with Crippen molar-refractivity contribution >= 4 is 15.8 Å². The lowest BCUT2D eigenvalue weighted by Crippen LogP contribution is -2.25. The lowest BCUT2D eigenvalue weighted by Gasteiger charge is -2.07. The third kappa shape index (κ3) is 5.07. The number of hydrogen-bond acceptors (Lipinski definition) is 4. The highest BCUT2D eigenvalue weighted by molar-refractivity contribution is 7.89. The lowest BCUT2D eigenvalue weighted by molar-refractivity contribution is -0.135. The number of alkyl halides is 3. The van der Waals surface area contributed by atoms with Crippen molar-refractivity contribution in [3.63, 3.8) is 0 Å². The molecule has 19 heavy (non-hydrogen) atoms. The SMILES string of the molecule is Cn1cc(S(=O)(=O)NCCCCC(F)(F)F)c(N)n1. The van der Waals surface area contributed by atoms with E-state index in [-0.39, 0.29) is 30.1 Å². The molecular weight excluding hydrogens is 285 g/mol. The number of sulfonamides is 1. The zero-order chi connectivity index (χ0) is 14.7. The van der Waals surface area contributed by atoms with Gasteiger partial charge in [0.05, 0.1) is 0 Å². The summed E-state index contributed by atoms with van der Waals surface area (Å²) in [5, 5.41) is 3.68. The molecule has 0 atom stereocenters. The van der Waals surface area contributed by atoms with Gasteiger partial charge < -0.3 is 5.73 Å². The van der Waals surface area contributed by atoms with Gasteiger partial charge in [-0.3, -0.25) is 4.68 Å². The van der Waals surface area contributed by atoms with Crippen LogP contribution in [0.2, 0.25) is 0 Å². The summed E-state index contributed by atoms with van der Waals surface area (Å²) >= 11 is 0. The molecule has 110 valence electrons. The Balaban J connectivity index is 2.47. The van der Waals surface area contributed by atoms with Crippen molar-refractivity contribution in [2.45, 2.75) is 30.3 Å². The maximum atomic E-state index is 11.9. The fourth-order valence-corrected chi connectivity index (χ4v) is 2.60. The summed E-state index contributed by atoms with van der Waals surface area (Å²) in [5.74, 6) is -0.148. The topological polar surface area (TPSA) is 90.0 Å². The first-order valence-corrected chi connectivity index (χ1v) is 6.96. The fraction of sp³-hybridized carbons (Fsp3) is 0.667. The van der Waals surface area contributed by atoms with Gasteiger partial charge in [0.15, 0.2) is 5.82 Å². The zero-order valence-corrected chi connectivity index (χ0v) is 11.1. The smallest absolute Gasteiger partial charge is 0.381 e. The highest BCUT2D eigenvalue weighted by Crippen LogP contribution is 2.22. The van der Waals surface area contributed by atoms with Crippen LogP contribution in [0.25, 0.3) is 0 Å². The van der Waals surface area contributed by atoms with Crippen molar-refractivity contribution in [2.75, 3.05) is 12.3 Å². The first-order valence-electron chi connectivity index (χ1n) is 5.47. The number of nitrogens with one attached hydrogen (secondary N) is 1. The van der Waals surface area contributed by atoms with Crippen LogP contribution in [0.3, 0.4) is 0 Å². The van der Waals surface area contributed by atoms with Gasteiger partial charge in [-0.1, -0.05) is 0 Å². The van der Waals surface area contributed by atoms with E-state index in [1.165, 1.54) is 17.9 Å². The number of rotatable bonds is 6. The molecule has 0 aliphatic carbocycles. The molecule has 0 spiro atoms. The first kappa shape index (κ1) is 15.8. The summed E-state index contributed by atoms with van der Waals surface area (Å²) in [5.41, 5.74) is 5.42. The molecule has 0 saturated heterocycles. The number of unbranched alkanes of at least 4 members (excludes halogenated alkanes) is 1. The molecule has 1 heterocycles. The summed E-state index contributed by atoms with van der Waals surface area (Å²) < 4.78 is 62.6. The third-order valence-electron chi connectivity index (χ3n) is 2.29. The van der Waals surface area contributed by atoms with Gasteiger partial charge in [-0.15, -0.1) is 0 Å². The van der Waals surface area contributed by atoms with Gasteiger partial charge in [0.1, 0.15) is 4.90 Å². The molecule has 0 unspecified atom stereocenters. The Hall–Kier alpha value is -1.29. The minimum absolute atomic E-state index is 0.0766. The molecule has 0 amide bonds. The minimum atomic E-state index is -4.22. The quantitative estimate of drug-likeness (QED) is 0.767. The Labute approximate surface area is 108 Å². The van der Waals surface area contributed by atoms with Crippen LogP contribution in [0.15, 0.2) is 11.1 Å². The van der Waals surface area contributed by atoms with Crippen LogP contribution in [-0.2, 0) is 17.1 Å². The highest BCUT2D eigenvalue weighted by Gasteiger charge is 2.26. The van der Waals surface area contributed by atoms with Crippen molar-refractivity contribution in [2.24, 2.45) is 7.05 Å². The average molecular weight is 300 g/mol. The maximum Gasteiger partial charge on any atom is 0.389 e. The van der Waals surface area contributed by atoms with Gasteiger partial charge in [0.2, 0.25) is 10.0 Å². The Kier molecular flexibility index (Phi) is 4.80. The molecule has 0 aliphatic heterocycles. The summed E-state index contributed by atoms with van der Waals surface area (Å²) in [6.45, 7) is -0.0766. The summed E-state index contributed by atoms with van der Waals surface area (Å²) in [6.07, 6.45) is -3.95. The second kappa shape index (κ2) is 5.78. The molecular formula is C9H15F3N4O2S. The van der Waals surface area contributed by atoms with E-state index in [2.05, 4.69) is 9.82 Å². The molecule has 0 aliphatic rings. The van der Waals surface area contributed by atoms with Crippen molar-refractivity contribution in [3.8, 4) is 0 Å². The van der Waals surface area contributed by atoms with E-state index in [1.807, 2.05) is 0 Å². The van der Waals surface area contributed by atoms with E-state index >= 15 is 0 Å². The van der Waals surface area contributed by atoms with Crippen molar-refractivity contribution in [1.29, 1.82) is 0 Å². The Morgan fingerprint density at radius 2 is 2.05 bits per heavy atom. The van der Waals surface area contributed by atoms with Crippen LogP contribution in [0.5, 0.6) is 0 Å². The zero-order valence-electron chi connectivity index (χ0n) is 10.2. The van der Waals surface area contributed by atoms with Crippen LogP contribution >= 0.6 is 0 Å². The first-order chi connectivity index (χ1) is 8.62. The molecule has 6 nitrogen and oxygen atoms in total. The Morgan fingerprint density at radius 1 is 1.42 bits per heavy atom. The molecule has 1 aromatic rings. The molecule has 0 saturated carbocycles. The molecule has 3 N–H and O–H groups in total. The van der Waals surface area contributed by atoms with Crippen molar-refractivity contribution < 1.29 is 21.6 Å². The van der Waals surface area contributed by atoms with Gasteiger partial charge in [0, 0.05) is 26.2 Å². The van der Waals surface area contributed by atoms with Gasteiger partial charge in [-0.2, -0.15) is 18.3 Å². The van der Waals surface area contributed by atoms with E-state index in [4.69, 9.17) is 5.73 Å². The van der Waals surface area contributed by atoms with Crippen LogP contribution in [0, 0.1) is 0 Å². The number of nitrogen functional groups attached to an aromatic ring is 1. The van der Waals surface area contributed by atoms with Crippen LogP contribution < -0.4 is 10.5 Å². The van der Waals surface area contributed by atoms with Crippen molar-refractivity contribution in [1.82, 2.24) is 14.5 Å². The van der Waals surface area contributed by atoms with E-state index in [1.54, 1.807) is 0 Å². The van der Waals surface area contributed by atoms with E-state index < -0.39 is 22.6 Å². The van der Waals surface area contributed by atoms with E-state index in [0.29, 0.717) is 0 Å². The molecule has 0 bridgehead atoms. The molecule has 0 fully saturated rings. The number of anilines is 1. The van der Waals surface area contributed by atoms with Crippen LogP contribution in [-0.4, -0.2) is 30.9 Å². The lowest BCUT2D eigenvalue weighted by atomic mass is 10.2. The Morgan fingerprint density at radius 3 is 2.53 bits per heavy atom. The van der Waals surface area contributed by atoms with Gasteiger partial charge in [-0.25, -0.2) is 13.1 Å². The predicted octanol–water partition coefficient (Wildman–Crippen LogP) is 1.01. The van der Waals surface area contributed by atoms with Gasteiger partial charge in [0.25, 0.3) is 0 Å². The number of nitrogens with zero attached hydrogens (tertiary/aromatic N) is 2. The number of halogens is 3. The minimum Gasteiger partial charge on any atom is -0.381 e. The molecule has 1 aromatic heterocycles. The number of nitrogens with two attached hydrogens (primary N) is 1. The normalized spacial score (nSPS) is 12.8. The number of aromatic nitrogens is 2. The van der Waals surface area contributed by atoms with Gasteiger partial charge in [-0.05, 0) is 12.8 Å². The van der Waals surface area contributed by atoms with Crippen LogP contribution in [0.4, 0.5) is 19.0 Å². The summed E-state index contributed by atoms with van der Waals surface area (Å²) in [6, 6.07) is 0. The number of hydrogen-bond donors (Lipinski definition) is 2. The predicted molar refractivity (Wildman–Crippen MR) is 62.7 cm³/mol. The second-order valence-corrected chi connectivity index (χ2v) is 5.76. The summed E-state index contributed by atoms with van der Waals surface area (Å²) in [7, 11) is -2.31. The molecule has 1 rings (SSSR count). The standard InChI is InChI=1S/C9H15F3N4O2S/c1-16-6-7(8(13)15-16)19(17,18)14-5-3-2-4-9(10,11)12/h6,14H,2-5H2,1H3,(H2,13,15). The van der Waals surface area contributed by atoms with Crippen LogP contribution in [0.1, 0.15) is 19.3 Å². The number of aryl methyl sites for hydroxylation is 1. The monoisotopic (exact) mass is 300 g/mol. The third-order valence-corrected chi connectivity index (χ3v) is 3.77. The fourth-order valence-electron chi connectivity index (χ4n) is 1.43.